The van der Waals surface area contributed by atoms with Gasteiger partial charge in [0.2, 0.25) is 11.8 Å². The molecular formula is C20H28FN3O5S. The van der Waals surface area contributed by atoms with Gasteiger partial charge in [0.05, 0.1) is 18.7 Å². The van der Waals surface area contributed by atoms with Gasteiger partial charge in [-0.15, -0.1) is 0 Å². The van der Waals surface area contributed by atoms with Crippen LogP contribution in [0.1, 0.15) is 38.5 Å². The lowest BCUT2D eigenvalue weighted by atomic mass is 9.63. The van der Waals surface area contributed by atoms with Crippen molar-refractivity contribution in [2.24, 2.45) is 23.7 Å². The summed E-state index contributed by atoms with van der Waals surface area (Å²) in [6.45, 7) is 0.781. The topological polar surface area (TPSA) is 107 Å². The average molecular weight is 442 g/mol. The highest BCUT2D eigenvalue weighted by Gasteiger charge is 2.54. The molecule has 6 atom stereocenters. The van der Waals surface area contributed by atoms with Crippen molar-refractivity contribution >= 4 is 22.0 Å². The Balaban J connectivity index is 1.29. The molecule has 2 heterocycles. The second-order valence-electron chi connectivity index (χ2n) is 9.52. The predicted octanol–water partition coefficient (Wildman–Crippen LogP) is 0.345. The molecule has 166 valence electrons. The van der Waals surface area contributed by atoms with Crippen molar-refractivity contribution in [2.75, 3.05) is 19.6 Å². The number of hydrogen-bond donors (Lipinski definition) is 2. The number of alkyl halides is 1. The zero-order valence-corrected chi connectivity index (χ0v) is 17.6. The second kappa shape index (κ2) is 7.27. The molecule has 3 aliphatic carbocycles. The second-order valence-corrected chi connectivity index (χ2v) is 11.1. The summed E-state index contributed by atoms with van der Waals surface area (Å²) in [6.07, 6.45) is 3.98. The molecule has 0 radical (unpaired) electrons. The maximum atomic E-state index is 15.6. The van der Waals surface area contributed by atoms with Crippen molar-refractivity contribution in [1.29, 1.82) is 0 Å². The number of nitrogens with one attached hydrogen (secondary N) is 1. The molecule has 0 bridgehead atoms. The molecular weight excluding hydrogens is 413 g/mol. The number of fused-ring (bicyclic) bond motifs is 1. The summed E-state index contributed by atoms with van der Waals surface area (Å²) in [5.41, 5.74) is 1.18. The van der Waals surface area contributed by atoms with Gasteiger partial charge in [-0.2, -0.15) is 12.7 Å². The number of rotatable bonds is 3. The molecule has 2 aliphatic heterocycles. The number of nitrogens with zero attached hydrogens (tertiary/aromatic N) is 2. The first-order valence-electron chi connectivity index (χ1n) is 10.9. The molecule has 0 aromatic carbocycles. The third kappa shape index (κ3) is 3.46. The van der Waals surface area contributed by atoms with E-state index in [-0.39, 0.29) is 29.6 Å². The Kier molecular flexibility index (Phi) is 4.94. The number of aliphatic hydroxyl groups is 1. The van der Waals surface area contributed by atoms with Gasteiger partial charge in [0.1, 0.15) is 6.17 Å². The van der Waals surface area contributed by atoms with E-state index in [9.17, 15) is 23.1 Å². The van der Waals surface area contributed by atoms with Gasteiger partial charge in [-0.05, 0) is 61.9 Å². The fourth-order valence-corrected chi connectivity index (χ4v) is 7.24. The van der Waals surface area contributed by atoms with Gasteiger partial charge in [-0.3, -0.25) is 9.59 Å². The minimum Gasteiger partial charge on any atom is -0.391 e. The van der Waals surface area contributed by atoms with Crippen molar-refractivity contribution in [2.45, 2.75) is 56.8 Å². The van der Waals surface area contributed by atoms with Crippen LogP contribution in [0.3, 0.4) is 0 Å². The van der Waals surface area contributed by atoms with E-state index in [1.165, 1.54) is 5.57 Å². The maximum absolute atomic E-state index is 15.6. The highest BCUT2D eigenvalue weighted by molar-refractivity contribution is 7.88. The SMILES string of the molecule is O=C1CN(C2C(O)CC3CCC(C4=CCN(C(=O)C5CC5)C4)CC3C2F)S(=O)(=O)N1. The van der Waals surface area contributed by atoms with Gasteiger partial charge in [0.25, 0.3) is 0 Å². The van der Waals surface area contributed by atoms with Crippen LogP contribution in [-0.4, -0.2) is 72.5 Å². The fourth-order valence-electron chi connectivity index (χ4n) is 5.91. The molecule has 2 N–H and O–H groups in total. The van der Waals surface area contributed by atoms with Crippen LogP contribution in [-0.2, 0) is 19.8 Å². The number of aliphatic hydroxyl groups excluding tert-OH is 1. The van der Waals surface area contributed by atoms with Gasteiger partial charge in [0.15, 0.2) is 0 Å². The lowest BCUT2D eigenvalue weighted by Gasteiger charge is -2.48. The van der Waals surface area contributed by atoms with E-state index in [0.29, 0.717) is 25.9 Å². The van der Waals surface area contributed by atoms with Crippen LogP contribution in [0.2, 0.25) is 0 Å². The molecule has 0 spiro atoms. The summed E-state index contributed by atoms with van der Waals surface area (Å²) in [5.74, 6) is -0.486. The van der Waals surface area contributed by atoms with Crippen molar-refractivity contribution < 1.29 is 27.5 Å². The van der Waals surface area contributed by atoms with E-state index in [1.807, 2.05) is 9.62 Å². The lowest BCUT2D eigenvalue weighted by Crippen LogP contribution is -2.58. The Hall–Kier alpha value is -1.52. The van der Waals surface area contributed by atoms with Crippen molar-refractivity contribution in [3.05, 3.63) is 11.6 Å². The Morgan fingerprint density at radius 3 is 2.60 bits per heavy atom. The fraction of sp³-hybridized carbons (Fsp3) is 0.800. The van der Waals surface area contributed by atoms with Crippen molar-refractivity contribution in [3.63, 3.8) is 0 Å². The first-order valence-corrected chi connectivity index (χ1v) is 12.3. The molecule has 4 fully saturated rings. The van der Waals surface area contributed by atoms with Gasteiger partial charge in [-0.25, -0.2) is 9.11 Å². The zero-order valence-electron chi connectivity index (χ0n) is 16.7. The number of halogens is 1. The van der Waals surface area contributed by atoms with E-state index in [0.717, 1.165) is 30.0 Å². The molecule has 2 amide bonds. The third-order valence-electron chi connectivity index (χ3n) is 7.62. The first-order chi connectivity index (χ1) is 14.2. The van der Waals surface area contributed by atoms with Gasteiger partial charge in [0, 0.05) is 19.0 Å². The molecule has 5 aliphatic rings. The third-order valence-corrected chi connectivity index (χ3v) is 9.09. The normalized spacial score (nSPS) is 41.3. The van der Waals surface area contributed by atoms with Crippen molar-refractivity contribution in [3.8, 4) is 0 Å². The van der Waals surface area contributed by atoms with E-state index in [2.05, 4.69) is 6.08 Å². The van der Waals surface area contributed by atoms with Gasteiger partial charge in [-0.1, -0.05) is 6.08 Å². The first kappa shape index (κ1) is 20.4. The average Bonchev–Trinajstić information content (AvgIpc) is 3.35. The highest BCUT2D eigenvalue weighted by atomic mass is 32.2. The van der Waals surface area contributed by atoms with Crippen molar-refractivity contribution in [1.82, 2.24) is 13.9 Å². The van der Waals surface area contributed by atoms with Crippen LogP contribution in [0.15, 0.2) is 11.6 Å². The Labute approximate surface area is 175 Å². The molecule has 1 saturated heterocycles. The van der Waals surface area contributed by atoms with Gasteiger partial charge < -0.3 is 10.0 Å². The van der Waals surface area contributed by atoms with Crippen LogP contribution >= 0.6 is 0 Å². The summed E-state index contributed by atoms with van der Waals surface area (Å²) < 4.78 is 42.8. The highest BCUT2D eigenvalue weighted by Crippen LogP contribution is 2.48. The van der Waals surface area contributed by atoms with Crippen LogP contribution in [0.5, 0.6) is 0 Å². The smallest absolute Gasteiger partial charge is 0.304 e. The Bertz CT molecular complexity index is 889. The minimum absolute atomic E-state index is 0.00247. The number of hydrogen-bond acceptors (Lipinski definition) is 5. The number of carbonyl (C=O) groups excluding carboxylic acids is 2. The Morgan fingerprint density at radius 2 is 1.93 bits per heavy atom. The van der Waals surface area contributed by atoms with Gasteiger partial charge >= 0.3 is 10.2 Å². The predicted molar refractivity (Wildman–Crippen MR) is 105 cm³/mol. The molecule has 0 aromatic heterocycles. The Morgan fingerprint density at radius 1 is 1.17 bits per heavy atom. The standard InChI is InChI=1S/C20H28FN3O5S/c21-18-15-7-12(14-5-6-23(9-14)20(27)11-1-2-11)3-4-13(15)8-16(25)19(18)24-10-17(26)22-30(24,28)29/h5,11-13,15-16,18-19,25H,1-4,6-10H2,(H,22,26). The van der Waals surface area contributed by atoms with E-state index in [4.69, 9.17) is 0 Å². The zero-order chi connectivity index (χ0) is 21.2. The lowest BCUT2D eigenvalue weighted by molar-refractivity contribution is -0.131. The summed E-state index contributed by atoms with van der Waals surface area (Å²) in [5, 5.41) is 10.5. The molecule has 0 aromatic rings. The van der Waals surface area contributed by atoms with E-state index >= 15 is 4.39 Å². The minimum atomic E-state index is -4.11. The summed E-state index contributed by atoms with van der Waals surface area (Å²) in [6, 6.07) is -1.24. The summed E-state index contributed by atoms with van der Waals surface area (Å²) >= 11 is 0. The molecule has 6 unspecified atom stereocenters. The largest absolute Gasteiger partial charge is 0.391 e. The van der Waals surface area contributed by atoms with Crippen LogP contribution < -0.4 is 4.72 Å². The maximum Gasteiger partial charge on any atom is 0.304 e. The summed E-state index contributed by atoms with van der Waals surface area (Å²) in [7, 11) is -4.11. The van der Waals surface area contributed by atoms with E-state index < -0.39 is 41.0 Å². The molecule has 30 heavy (non-hydrogen) atoms. The summed E-state index contributed by atoms with van der Waals surface area (Å²) in [4.78, 5) is 25.8. The number of amides is 2. The van der Waals surface area contributed by atoms with Crippen LogP contribution in [0.4, 0.5) is 4.39 Å². The molecule has 3 saturated carbocycles. The van der Waals surface area contributed by atoms with Crippen LogP contribution in [0, 0.1) is 23.7 Å². The molecule has 10 heteroatoms. The molecule has 5 rings (SSSR count). The van der Waals surface area contributed by atoms with Crippen LogP contribution in [0.25, 0.3) is 0 Å². The van der Waals surface area contributed by atoms with E-state index in [1.54, 1.807) is 0 Å². The monoisotopic (exact) mass is 441 g/mol. The molecule has 8 nitrogen and oxygen atoms in total. The quantitative estimate of drug-likeness (QED) is 0.615. The number of carbonyl (C=O) groups is 2.